The van der Waals surface area contributed by atoms with Crippen LogP contribution >= 0.6 is 0 Å². The van der Waals surface area contributed by atoms with Crippen molar-refractivity contribution in [2.24, 2.45) is 0 Å². The summed E-state index contributed by atoms with van der Waals surface area (Å²) >= 11 is 0. The quantitative estimate of drug-likeness (QED) is 0.792. The van der Waals surface area contributed by atoms with Crippen molar-refractivity contribution in [2.45, 2.75) is 37.5 Å². The number of ether oxygens (including phenoxy) is 2. The highest BCUT2D eigenvalue weighted by atomic mass is 19.1. The van der Waals surface area contributed by atoms with E-state index in [1.807, 2.05) is 0 Å². The lowest BCUT2D eigenvalue weighted by molar-refractivity contribution is -0.173. The van der Waals surface area contributed by atoms with Gasteiger partial charge in [-0.2, -0.15) is 0 Å². The molecular weight excluding hydrogens is 355 g/mol. The summed E-state index contributed by atoms with van der Waals surface area (Å²) in [6.07, 6.45) is 1.37. The molecule has 1 aromatic carbocycles. The van der Waals surface area contributed by atoms with Crippen molar-refractivity contribution in [1.82, 2.24) is 9.80 Å². The highest BCUT2D eigenvalue weighted by Crippen LogP contribution is 2.37. The largest absolute Gasteiger partial charge is 0.465 e. The SMILES string of the molecule is COC(=O)c1cc(F)c2c(c1)CCN([C@H]1CCOC3(C1)CN(C(=O)O)C3)C2. The van der Waals surface area contributed by atoms with E-state index in [2.05, 4.69) is 4.90 Å². The number of likely N-dealkylation sites (tertiary alicyclic amines) is 1. The molecule has 3 heterocycles. The summed E-state index contributed by atoms with van der Waals surface area (Å²) in [5.41, 5.74) is 1.34. The van der Waals surface area contributed by atoms with Crippen LogP contribution in [0, 0.1) is 5.82 Å². The molecule has 0 unspecified atom stereocenters. The monoisotopic (exact) mass is 378 g/mol. The number of amides is 1. The zero-order valence-corrected chi connectivity index (χ0v) is 15.2. The number of rotatable bonds is 2. The van der Waals surface area contributed by atoms with Crippen molar-refractivity contribution < 1.29 is 28.6 Å². The molecule has 0 aromatic heterocycles. The van der Waals surface area contributed by atoms with Gasteiger partial charge >= 0.3 is 12.1 Å². The Kier molecular flexibility index (Phi) is 4.55. The number of carbonyl (C=O) groups is 2. The van der Waals surface area contributed by atoms with Crippen molar-refractivity contribution in [2.75, 3.05) is 33.4 Å². The molecule has 0 saturated carbocycles. The molecule has 1 atom stereocenters. The third-order valence-corrected chi connectivity index (χ3v) is 5.95. The van der Waals surface area contributed by atoms with Crippen LogP contribution in [0.25, 0.3) is 0 Å². The number of methoxy groups -OCH3 is 1. The molecule has 0 aliphatic carbocycles. The van der Waals surface area contributed by atoms with Crippen LogP contribution in [0.3, 0.4) is 0 Å². The molecule has 1 aromatic rings. The standard InChI is InChI=1S/C19H23FN2O5/c1-26-17(23)13-6-12-2-4-21(9-15(12)16(20)7-13)14-3-5-27-19(8-14)10-22(11-19)18(24)25/h6-7,14H,2-5,8-11H2,1H3,(H,24,25)/t14-/m0/s1. The smallest absolute Gasteiger partial charge is 0.407 e. The first-order chi connectivity index (χ1) is 12.9. The number of carboxylic acid groups (broad SMARTS) is 1. The van der Waals surface area contributed by atoms with Gasteiger partial charge in [0.15, 0.2) is 0 Å². The Bertz CT molecular complexity index is 778. The molecule has 1 N–H and O–H groups in total. The minimum atomic E-state index is -0.915. The lowest BCUT2D eigenvalue weighted by Crippen LogP contribution is -2.68. The average Bonchev–Trinajstić information content (AvgIpc) is 2.65. The molecule has 2 fully saturated rings. The van der Waals surface area contributed by atoms with Crippen LogP contribution in [-0.2, 0) is 22.4 Å². The number of esters is 1. The fourth-order valence-corrected chi connectivity index (χ4v) is 4.51. The van der Waals surface area contributed by atoms with Gasteiger partial charge in [0.05, 0.1) is 25.8 Å². The van der Waals surface area contributed by atoms with E-state index in [9.17, 15) is 14.0 Å². The first-order valence-electron chi connectivity index (χ1n) is 9.16. The van der Waals surface area contributed by atoms with Gasteiger partial charge in [0, 0.05) is 31.3 Å². The van der Waals surface area contributed by atoms with Crippen LogP contribution in [0.1, 0.15) is 34.3 Å². The molecule has 1 amide bonds. The second-order valence-electron chi connectivity index (χ2n) is 7.62. The van der Waals surface area contributed by atoms with E-state index in [-0.39, 0.29) is 17.4 Å². The Morgan fingerprint density at radius 1 is 1.37 bits per heavy atom. The average molecular weight is 378 g/mol. The first-order valence-corrected chi connectivity index (χ1v) is 9.16. The third-order valence-electron chi connectivity index (χ3n) is 5.95. The molecule has 7 nitrogen and oxygen atoms in total. The lowest BCUT2D eigenvalue weighted by atomic mass is 9.82. The molecule has 27 heavy (non-hydrogen) atoms. The predicted octanol–water partition coefficient (Wildman–Crippen LogP) is 1.88. The van der Waals surface area contributed by atoms with Gasteiger partial charge in [-0.15, -0.1) is 0 Å². The molecule has 3 aliphatic rings. The molecule has 0 bridgehead atoms. The topological polar surface area (TPSA) is 79.3 Å². The maximum absolute atomic E-state index is 14.6. The number of carbonyl (C=O) groups excluding carboxylic acids is 1. The fourth-order valence-electron chi connectivity index (χ4n) is 4.51. The van der Waals surface area contributed by atoms with E-state index in [0.29, 0.717) is 38.2 Å². The Morgan fingerprint density at radius 3 is 2.85 bits per heavy atom. The molecule has 4 rings (SSSR count). The van der Waals surface area contributed by atoms with Crippen LogP contribution < -0.4 is 0 Å². The fraction of sp³-hybridized carbons (Fsp3) is 0.579. The van der Waals surface area contributed by atoms with E-state index in [4.69, 9.17) is 14.6 Å². The number of fused-ring (bicyclic) bond motifs is 1. The van der Waals surface area contributed by atoms with Gasteiger partial charge in [-0.05, 0) is 37.0 Å². The van der Waals surface area contributed by atoms with Gasteiger partial charge in [-0.1, -0.05) is 0 Å². The van der Waals surface area contributed by atoms with Gasteiger partial charge in [-0.25, -0.2) is 14.0 Å². The molecule has 8 heteroatoms. The zero-order valence-electron chi connectivity index (χ0n) is 15.2. The Balaban J connectivity index is 1.47. The number of benzene rings is 1. The van der Waals surface area contributed by atoms with Crippen molar-refractivity contribution in [3.8, 4) is 0 Å². The highest BCUT2D eigenvalue weighted by Gasteiger charge is 2.50. The first kappa shape index (κ1) is 18.2. The maximum Gasteiger partial charge on any atom is 0.407 e. The molecule has 146 valence electrons. The summed E-state index contributed by atoms with van der Waals surface area (Å²) in [5, 5.41) is 9.07. The Morgan fingerprint density at radius 2 is 2.15 bits per heavy atom. The van der Waals surface area contributed by atoms with Gasteiger partial charge in [0.2, 0.25) is 0 Å². The molecular formula is C19H23FN2O5. The minimum Gasteiger partial charge on any atom is -0.465 e. The maximum atomic E-state index is 14.6. The van der Waals surface area contributed by atoms with E-state index >= 15 is 0 Å². The van der Waals surface area contributed by atoms with E-state index < -0.39 is 17.7 Å². The summed E-state index contributed by atoms with van der Waals surface area (Å²) < 4.78 is 25.2. The van der Waals surface area contributed by atoms with Crippen molar-refractivity contribution in [3.05, 3.63) is 34.6 Å². The van der Waals surface area contributed by atoms with Gasteiger partial charge in [0.25, 0.3) is 0 Å². The second kappa shape index (κ2) is 6.76. The van der Waals surface area contributed by atoms with Gasteiger partial charge in [0.1, 0.15) is 11.4 Å². The van der Waals surface area contributed by atoms with Crippen molar-refractivity contribution in [3.63, 3.8) is 0 Å². The van der Waals surface area contributed by atoms with Crippen LogP contribution in [0.2, 0.25) is 0 Å². The summed E-state index contributed by atoms with van der Waals surface area (Å²) in [6, 6.07) is 3.21. The molecule has 3 aliphatic heterocycles. The van der Waals surface area contributed by atoms with Crippen LogP contribution in [0.5, 0.6) is 0 Å². The van der Waals surface area contributed by atoms with Crippen LogP contribution in [0.4, 0.5) is 9.18 Å². The van der Waals surface area contributed by atoms with Crippen molar-refractivity contribution >= 4 is 12.1 Å². The van der Waals surface area contributed by atoms with Gasteiger partial charge < -0.3 is 19.5 Å². The summed E-state index contributed by atoms with van der Waals surface area (Å²) in [7, 11) is 1.29. The lowest BCUT2D eigenvalue weighted by Gasteiger charge is -2.53. The number of halogens is 1. The van der Waals surface area contributed by atoms with Crippen LogP contribution in [0.15, 0.2) is 12.1 Å². The predicted molar refractivity (Wildman–Crippen MR) is 93.2 cm³/mol. The Hall–Kier alpha value is -2.19. The van der Waals surface area contributed by atoms with Crippen LogP contribution in [-0.4, -0.2) is 72.0 Å². The van der Waals surface area contributed by atoms with E-state index in [1.165, 1.54) is 18.1 Å². The number of hydrogen-bond acceptors (Lipinski definition) is 5. The molecule has 0 radical (unpaired) electrons. The summed E-state index contributed by atoms with van der Waals surface area (Å²) in [4.78, 5) is 26.4. The van der Waals surface area contributed by atoms with Crippen molar-refractivity contribution in [1.29, 1.82) is 0 Å². The molecule has 2 saturated heterocycles. The normalized spacial score (nSPS) is 24.2. The number of hydrogen-bond donors (Lipinski definition) is 1. The number of nitrogens with zero attached hydrogens (tertiary/aromatic N) is 2. The van der Waals surface area contributed by atoms with E-state index in [1.54, 1.807) is 6.07 Å². The summed E-state index contributed by atoms with van der Waals surface area (Å²) in [5.74, 6) is -0.904. The Labute approximate surface area is 156 Å². The molecule has 1 spiro atoms. The third kappa shape index (κ3) is 3.27. The zero-order chi connectivity index (χ0) is 19.2. The summed E-state index contributed by atoms with van der Waals surface area (Å²) in [6.45, 7) is 2.66. The second-order valence-corrected chi connectivity index (χ2v) is 7.62. The minimum absolute atomic E-state index is 0.238. The highest BCUT2D eigenvalue weighted by molar-refractivity contribution is 5.89. The van der Waals surface area contributed by atoms with E-state index in [0.717, 1.165) is 24.9 Å². The van der Waals surface area contributed by atoms with Gasteiger partial charge in [-0.3, -0.25) is 4.90 Å².